The zero-order chi connectivity index (χ0) is 15.6. The first kappa shape index (κ1) is 16.0. The summed E-state index contributed by atoms with van der Waals surface area (Å²) >= 11 is 3.44. The molecule has 1 aromatic carbocycles. The normalized spacial score (nSPS) is 19.7. The molecular weight excluding hydrogens is 334 g/mol. The van der Waals surface area contributed by atoms with Crippen LogP contribution in [0.1, 0.15) is 18.9 Å². The second kappa shape index (κ2) is 6.58. The minimum absolute atomic E-state index is 0.0164. The fourth-order valence-electron chi connectivity index (χ4n) is 2.35. The molecule has 1 aliphatic rings. The number of rotatable bonds is 4. The number of hydrogen-bond acceptors (Lipinski definition) is 3. The summed E-state index contributed by atoms with van der Waals surface area (Å²) in [7, 11) is 0. The van der Waals surface area contributed by atoms with Crippen LogP contribution in [0.4, 0.5) is 5.69 Å². The molecule has 1 unspecified atom stereocenters. The standard InChI is InChI=1S/C15H20BrN3O2/c1-9-5-12(3-4-13(9)16)19-8-11(6-14(19)20)15(21)18-10(2)7-17/h3-5,10-11H,6-8,17H2,1-2H3,(H,18,21)/t10-,11?/m0/s1. The van der Waals surface area contributed by atoms with Crippen LogP contribution in [0.25, 0.3) is 0 Å². The Hall–Kier alpha value is -1.40. The van der Waals surface area contributed by atoms with Crippen molar-refractivity contribution in [2.75, 3.05) is 18.0 Å². The zero-order valence-electron chi connectivity index (χ0n) is 12.2. The molecule has 0 radical (unpaired) electrons. The maximum atomic E-state index is 12.2. The number of aryl methyl sites for hydroxylation is 1. The first-order valence-electron chi connectivity index (χ1n) is 6.99. The monoisotopic (exact) mass is 353 g/mol. The van der Waals surface area contributed by atoms with Gasteiger partial charge in [0.2, 0.25) is 11.8 Å². The van der Waals surface area contributed by atoms with Gasteiger partial charge in [0.05, 0.1) is 5.92 Å². The van der Waals surface area contributed by atoms with Crippen molar-refractivity contribution in [1.29, 1.82) is 0 Å². The quantitative estimate of drug-likeness (QED) is 0.862. The Balaban J connectivity index is 2.09. The molecular formula is C15H20BrN3O2. The predicted molar refractivity (Wildman–Crippen MR) is 86.0 cm³/mol. The third-order valence-electron chi connectivity index (χ3n) is 3.69. The summed E-state index contributed by atoms with van der Waals surface area (Å²) in [5, 5.41) is 2.83. The van der Waals surface area contributed by atoms with Gasteiger partial charge in [-0.1, -0.05) is 15.9 Å². The van der Waals surface area contributed by atoms with Crippen LogP contribution in [0.3, 0.4) is 0 Å². The summed E-state index contributed by atoms with van der Waals surface area (Å²) in [6.07, 6.45) is 0.248. The van der Waals surface area contributed by atoms with Gasteiger partial charge in [0.1, 0.15) is 0 Å². The van der Waals surface area contributed by atoms with Crippen molar-refractivity contribution in [3.05, 3.63) is 28.2 Å². The second-order valence-corrected chi connectivity index (χ2v) is 6.34. The highest BCUT2D eigenvalue weighted by molar-refractivity contribution is 9.10. The molecule has 5 nitrogen and oxygen atoms in total. The summed E-state index contributed by atoms with van der Waals surface area (Å²) in [5.74, 6) is -0.426. The topological polar surface area (TPSA) is 75.4 Å². The van der Waals surface area contributed by atoms with Crippen molar-refractivity contribution >= 4 is 33.4 Å². The fraction of sp³-hybridized carbons (Fsp3) is 0.467. The molecule has 1 aromatic rings. The molecule has 0 aromatic heterocycles. The van der Waals surface area contributed by atoms with Crippen LogP contribution in [0.15, 0.2) is 22.7 Å². The maximum Gasteiger partial charge on any atom is 0.227 e. The van der Waals surface area contributed by atoms with E-state index in [1.165, 1.54) is 0 Å². The molecule has 1 heterocycles. The van der Waals surface area contributed by atoms with E-state index >= 15 is 0 Å². The van der Waals surface area contributed by atoms with E-state index in [0.29, 0.717) is 13.1 Å². The lowest BCUT2D eigenvalue weighted by molar-refractivity contribution is -0.126. The summed E-state index contributed by atoms with van der Waals surface area (Å²) in [5.41, 5.74) is 7.40. The van der Waals surface area contributed by atoms with Gasteiger partial charge < -0.3 is 16.0 Å². The van der Waals surface area contributed by atoms with Crippen LogP contribution in [0.2, 0.25) is 0 Å². The molecule has 0 saturated carbocycles. The molecule has 0 bridgehead atoms. The number of nitrogens with two attached hydrogens (primary N) is 1. The lowest BCUT2D eigenvalue weighted by Gasteiger charge is -2.18. The van der Waals surface area contributed by atoms with Crippen molar-refractivity contribution in [3.63, 3.8) is 0 Å². The number of benzene rings is 1. The molecule has 2 atom stereocenters. The fourth-order valence-corrected chi connectivity index (χ4v) is 2.60. The van der Waals surface area contributed by atoms with E-state index in [1.54, 1.807) is 4.90 Å². The van der Waals surface area contributed by atoms with E-state index < -0.39 is 0 Å². The number of nitrogens with one attached hydrogen (secondary N) is 1. The van der Waals surface area contributed by atoms with Crippen molar-refractivity contribution < 1.29 is 9.59 Å². The third kappa shape index (κ3) is 3.63. The number of anilines is 1. The van der Waals surface area contributed by atoms with Gasteiger partial charge >= 0.3 is 0 Å². The number of hydrogen-bond donors (Lipinski definition) is 2. The summed E-state index contributed by atoms with van der Waals surface area (Å²) in [6, 6.07) is 5.68. The lowest BCUT2D eigenvalue weighted by Crippen LogP contribution is -2.41. The Morgan fingerprint density at radius 3 is 2.90 bits per heavy atom. The first-order valence-corrected chi connectivity index (χ1v) is 7.78. The molecule has 114 valence electrons. The van der Waals surface area contributed by atoms with Gasteiger partial charge in [0.15, 0.2) is 0 Å². The Morgan fingerprint density at radius 1 is 1.57 bits per heavy atom. The van der Waals surface area contributed by atoms with Crippen molar-refractivity contribution in [2.24, 2.45) is 11.7 Å². The molecule has 3 N–H and O–H groups in total. The Bertz CT molecular complexity index is 562. The second-order valence-electron chi connectivity index (χ2n) is 5.48. The third-order valence-corrected chi connectivity index (χ3v) is 4.58. The molecule has 0 aliphatic carbocycles. The van der Waals surface area contributed by atoms with Crippen molar-refractivity contribution in [3.8, 4) is 0 Å². The minimum Gasteiger partial charge on any atom is -0.352 e. The molecule has 0 spiro atoms. The zero-order valence-corrected chi connectivity index (χ0v) is 13.8. The average Bonchev–Trinajstić information content (AvgIpc) is 2.84. The molecule has 21 heavy (non-hydrogen) atoms. The van der Waals surface area contributed by atoms with Gasteiger partial charge in [-0.15, -0.1) is 0 Å². The van der Waals surface area contributed by atoms with Crippen LogP contribution in [0, 0.1) is 12.8 Å². The Kier molecular flexibility index (Phi) is 5.00. The van der Waals surface area contributed by atoms with Crippen molar-refractivity contribution in [1.82, 2.24) is 5.32 Å². The van der Waals surface area contributed by atoms with E-state index in [9.17, 15) is 9.59 Å². The van der Waals surface area contributed by atoms with Crippen LogP contribution in [-0.2, 0) is 9.59 Å². The molecule has 1 saturated heterocycles. The summed E-state index contributed by atoms with van der Waals surface area (Å²) < 4.78 is 1.00. The number of carbonyl (C=O) groups is 2. The lowest BCUT2D eigenvalue weighted by atomic mass is 10.1. The maximum absolute atomic E-state index is 12.2. The number of amides is 2. The highest BCUT2D eigenvalue weighted by Gasteiger charge is 2.35. The van der Waals surface area contributed by atoms with E-state index in [0.717, 1.165) is 15.7 Å². The minimum atomic E-state index is -0.310. The van der Waals surface area contributed by atoms with Crippen LogP contribution in [-0.4, -0.2) is 30.9 Å². The van der Waals surface area contributed by atoms with Crippen LogP contribution < -0.4 is 16.0 Å². The van der Waals surface area contributed by atoms with Gasteiger partial charge in [-0.2, -0.15) is 0 Å². The largest absolute Gasteiger partial charge is 0.352 e. The van der Waals surface area contributed by atoms with Gasteiger partial charge in [-0.05, 0) is 37.6 Å². The summed E-state index contributed by atoms with van der Waals surface area (Å²) in [6.45, 7) is 4.64. The van der Waals surface area contributed by atoms with Gasteiger partial charge in [0.25, 0.3) is 0 Å². The SMILES string of the molecule is Cc1cc(N2CC(C(=O)N[C@@H](C)CN)CC2=O)ccc1Br. The van der Waals surface area contributed by atoms with E-state index in [4.69, 9.17) is 5.73 Å². The number of nitrogens with zero attached hydrogens (tertiary/aromatic N) is 1. The van der Waals surface area contributed by atoms with E-state index in [1.807, 2.05) is 32.0 Å². The molecule has 2 amide bonds. The Labute approximate surface area is 133 Å². The smallest absolute Gasteiger partial charge is 0.227 e. The highest BCUT2D eigenvalue weighted by atomic mass is 79.9. The Morgan fingerprint density at radius 2 is 2.29 bits per heavy atom. The van der Waals surface area contributed by atoms with Gasteiger partial charge in [0, 0.05) is 35.7 Å². The van der Waals surface area contributed by atoms with Gasteiger partial charge in [-0.25, -0.2) is 0 Å². The van der Waals surface area contributed by atoms with Crippen LogP contribution >= 0.6 is 15.9 Å². The predicted octanol–water partition coefficient (Wildman–Crippen LogP) is 1.57. The van der Waals surface area contributed by atoms with Crippen molar-refractivity contribution in [2.45, 2.75) is 26.3 Å². The van der Waals surface area contributed by atoms with E-state index in [2.05, 4.69) is 21.2 Å². The summed E-state index contributed by atoms with van der Waals surface area (Å²) in [4.78, 5) is 25.9. The number of carbonyl (C=O) groups excluding carboxylic acids is 2. The average molecular weight is 354 g/mol. The van der Waals surface area contributed by atoms with Crippen LogP contribution in [0.5, 0.6) is 0 Å². The first-order chi connectivity index (χ1) is 9.92. The number of halogens is 1. The van der Waals surface area contributed by atoms with Gasteiger partial charge in [-0.3, -0.25) is 9.59 Å². The molecule has 1 fully saturated rings. The molecule has 6 heteroatoms. The molecule has 1 aliphatic heterocycles. The molecule has 2 rings (SSSR count). The van der Waals surface area contributed by atoms with E-state index in [-0.39, 0.29) is 30.2 Å². The highest BCUT2D eigenvalue weighted by Crippen LogP contribution is 2.28.